The third-order valence-electron chi connectivity index (χ3n) is 8.72. The van der Waals surface area contributed by atoms with Gasteiger partial charge in [0, 0.05) is 30.9 Å². The number of likely N-dealkylation sites (tertiary alicyclic amines) is 1. The van der Waals surface area contributed by atoms with Crippen LogP contribution in [0.4, 0.5) is 13.2 Å². The molecule has 0 aromatic heterocycles. The van der Waals surface area contributed by atoms with Crippen molar-refractivity contribution >= 4 is 5.97 Å². The summed E-state index contributed by atoms with van der Waals surface area (Å²) in [5.41, 5.74) is 1.68. The number of benzene rings is 1. The molecule has 5 atom stereocenters. The Bertz CT molecular complexity index is 1010. The Kier molecular flexibility index (Phi) is 5.80. The Morgan fingerprint density at radius 1 is 1.29 bits per heavy atom. The number of quaternary nitrogens is 1. The van der Waals surface area contributed by atoms with Crippen LogP contribution in [0.25, 0.3) is 0 Å². The number of alkyl halides is 3. The molecule has 10 heteroatoms. The van der Waals surface area contributed by atoms with E-state index in [0.717, 1.165) is 45.1 Å². The lowest BCUT2D eigenvalue weighted by atomic mass is 9.49. The number of phenolic OH excluding ortho intramolecular Hbond substituents is 1. The van der Waals surface area contributed by atoms with Crippen LogP contribution in [0.3, 0.4) is 0 Å². The van der Waals surface area contributed by atoms with Gasteiger partial charge < -0.3 is 29.5 Å². The van der Waals surface area contributed by atoms with Gasteiger partial charge in [-0.3, -0.25) is 0 Å². The van der Waals surface area contributed by atoms with Crippen molar-refractivity contribution in [1.82, 2.24) is 0 Å². The highest BCUT2D eigenvalue weighted by Crippen LogP contribution is 2.67. The number of aliphatic carboxylic acids is 1. The van der Waals surface area contributed by atoms with Crippen LogP contribution in [0.1, 0.15) is 63.0 Å². The third-order valence-corrected chi connectivity index (χ3v) is 8.72. The van der Waals surface area contributed by atoms with Crippen LogP contribution < -0.4 is 4.74 Å². The fourth-order valence-corrected chi connectivity index (χ4v) is 7.30. The van der Waals surface area contributed by atoms with Crippen molar-refractivity contribution < 1.29 is 42.3 Å². The average molecular weight is 500 g/mol. The molecule has 2 aliphatic heterocycles. The number of hydroxylamine groups is 3. The number of carboxylic acids is 1. The largest absolute Gasteiger partial charge is 0.632 e. The zero-order valence-electron chi connectivity index (χ0n) is 19.8. The summed E-state index contributed by atoms with van der Waals surface area (Å²) < 4.78 is 44.9. The molecule has 3 aliphatic carbocycles. The second-order valence-corrected chi connectivity index (χ2v) is 10.7. The zero-order valence-corrected chi connectivity index (χ0v) is 19.8. The minimum absolute atomic E-state index is 0.0256. The van der Waals surface area contributed by atoms with Crippen LogP contribution in [-0.2, 0) is 21.4 Å². The monoisotopic (exact) mass is 499 g/mol. The van der Waals surface area contributed by atoms with E-state index in [9.17, 15) is 23.5 Å². The van der Waals surface area contributed by atoms with Crippen molar-refractivity contribution in [3.8, 4) is 11.5 Å². The summed E-state index contributed by atoms with van der Waals surface area (Å²) in [4.78, 5) is 8.90. The molecule has 2 saturated carbocycles. The number of carbonyl (C=O) groups is 1. The lowest BCUT2D eigenvalue weighted by molar-refractivity contribution is -0.924. The summed E-state index contributed by atoms with van der Waals surface area (Å²) in [6, 6.07) is 3.75. The highest BCUT2D eigenvalue weighted by atomic mass is 19.4. The number of ether oxygens (including phenoxy) is 2. The summed E-state index contributed by atoms with van der Waals surface area (Å²) in [6.45, 7) is 4.25. The molecule has 35 heavy (non-hydrogen) atoms. The van der Waals surface area contributed by atoms with Gasteiger partial charge in [0.05, 0.1) is 18.5 Å². The Labute approximate surface area is 202 Å². The molecule has 2 N–H and O–H groups in total. The predicted molar refractivity (Wildman–Crippen MR) is 119 cm³/mol. The summed E-state index contributed by atoms with van der Waals surface area (Å²) in [5, 5.41) is 32.0. The summed E-state index contributed by atoms with van der Waals surface area (Å²) in [5.74, 6) is -1.23. The topological polar surface area (TPSA) is 99.0 Å². The highest BCUT2D eigenvalue weighted by molar-refractivity contribution is 5.73. The summed E-state index contributed by atoms with van der Waals surface area (Å²) >= 11 is 0. The van der Waals surface area contributed by atoms with Crippen molar-refractivity contribution in [3.05, 3.63) is 28.5 Å². The van der Waals surface area contributed by atoms with Gasteiger partial charge in [-0.25, -0.2) is 4.79 Å². The molecule has 2 bridgehead atoms. The molecule has 0 amide bonds. The Morgan fingerprint density at radius 3 is 2.63 bits per heavy atom. The molecule has 194 valence electrons. The lowest BCUT2D eigenvalue weighted by Gasteiger charge is -2.68. The smallest absolute Gasteiger partial charge is 0.490 e. The van der Waals surface area contributed by atoms with E-state index < -0.39 is 17.7 Å². The van der Waals surface area contributed by atoms with Gasteiger partial charge in [-0.15, -0.1) is 0 Å². The number of hydrogen-bond donors (Lipinski definition) is 2. The Morgan fingerprint density at radius 2 is 2.00 bits per heavy atom. The lowest BCUT2D eigenvalue weighted by Crippen LogP contribution is -2.80. The maximum absolute atomic E-state index is 14.3. The summed E-state index contributed by atoms with van der Waals surface area (Å²) in [6.07, 6.45) is 2.84. The van der Waals surface area contributed by atoms with E-state index >= 15 is 0 Å². The van der Waals surface area contributed by atoms with E-state index in [2.05, 4.69) is 6.92 Å². The second kappa shape index (κ2) is 8.24. The SMILES string of the molecule is CCCOC12CCC[C@@H]3Oc4c(O)ccc5c4[C@@]31CC[N+]([O-])(CC1CC1)[C@@H]2C5.O=C(O)C(F)(F)F. The zero-order chi connectivity index (χ0) is 25.2. The number of aromatic hydroxyl groups is 1. The fourth-order valence-electron chi connectivity index (χ4n) is 7.30. The van der Waals surface area contributed by atoms with Crippen LogP contribution in [0.15, 0.2) is 12.1 Å². The molecule has 2 heterocycles. The van der Waals surface area contributed by atoms with Gasteiger partial charge in [-0.2, -0.15) is 13.2 Å². The number of piperidine rings is 1. The molecule has 1 aromatic carbocycles. The molecule has 1 saturated heterocycles. The van der Waals surface area contributed by atoms with Crippen molar-refractivity contribution in [3.63, 3.8) is 0 Å². The molecule has 7 nitrogen and oxygen atoms in total. The number of halogens is 3. The number of carboxylic acid groups (broad SMARTS) is 1. The van der Waals surface area contributed by atoms with E-state index in [4.69, 9.17) is 19.4 Å². The first-order valence-corrected chi connectivity index (χ1v) is 12.5. The van der Waals surface area contributed by atoms with Gasteiger partial charge >= 0.3 is 12.1 Å². The minimum Gasteiger partial charge on any atom is -0.632 e. The molecule has 6 rings (SSSR count). The van der Waals surface area contributed by atoms with Gasteiger partial charge in [0.2, 0.25) is 0 Å². The maximum Gasteiger partial charge on any atom is 0.490 e. The van der Waals surface area contributed by atoms with Gasteiger partial charge in [0.15, 0.2) is 11.5 Å². The first kappa shape index (κ1) is 24.6. The van der Waals surface area contributed by atoms with E-state index in [1.807, 2.05) is 6.07 Å². The molecule has 1 spiro atoms. The van der Waals surface area contributed by atoms with Gasteiger partial charge in [0.25, 0.3) is 0 Å². The van der Waals surface area contributed by atoms with Crippen molar-refractivity contribution in [2.75, 3.05) is 19.7 Å². The normalized spacial score (nSPS) is 36.5. The first-order valence-electron chi connectivity index (χ1n) is 12.5. The van der Waals surface area contributed by atoms with Crippen molar-refractivity contribution in [1.29, 1.82) is 0 Å². The van der Waals surface area contributed by atoms with Gasteiger partial charge in [0.1, 0.15) is 17.7 Å². The van der Waals surface area contributed by atoms with Crippen LogP contribution in [0.5, 0.6) is 11.5 Å². The van der Waals surface area contributed by atoms with Crippen molar-refractivity contribution in [2.24, 2.45) is 5.92 Å². The van der Waals surface area contributed by atoms with E-state index in [1.54, 1.807) is 6.07 Å². The molecule has 2 unspecified atom stereocenters. The van der Waals surface area contributed by atoms with Crippen LogP contribution >= 0.6 is 0 Å². The standard InChI is InChI=1S/C23H31NO4.C2HF3O2/c1-2-12-27-23-9-3-4-19-22(23)10-11-24(26,14-15-5-6-15)18(23)13-16-7-8-17(25)21(28-19)20(16)22;3-2(4,5)1(6)7/h7-8,15,18-19,25H,2-6,9-14H2,1H3;(H,6,7)/t18-,19+,22-,23?,24?;/m1./s1. The predicted octanol–water partition coefficient (Wildman–Crippen LogP) is 4.43. The third kappa shape index (κ3) is 3.62. The molecule has 0 radical (unpaired) electrons. The maximum atomic E-state index is 14.3. The number of phenols is 1. The van der Waals surface area contributed by atoms with Crippen molar-refractivity contribution in [2.45, 2.75) is 87.6 Å². The average Bonchev–Trinajstić information content (AvgIpc) is 3.53. The van der Waals surface area contributed by atoms with E-state index in [1.165, 1.54) is 24.0 Å². The van der Waals surface area contributed by atoms with Crippen LogP contribution in [0.2, 0.25) is 0 Å². The molecular weight excluding hydrogens is 467 g/mol. The van der Waals surface area contributed by atoms with E-state index in [-0.39, 0.29) is 28.0 Å². The second-order valence-electron chi connectivity index (χ2n) is 10.7. The fraction of sp³-hybridized carbons (Fsp3) is 0.720. The number of rotatable bonds is 5. The minimum atomic E-state index is -5.08. The molecule has 3 fully saturated rings. The molecule has 5 aliphatic rings. The summed E-state index contributed by atoms with van der Waals surface area (Å²) in [7, 11) is 0. The molecular formula is C25H32F3NO6. The molecule has 1 aromatic rings. The number of nitrogens with zero attached hydrogens (tertiary/aromatic N) is 1. The van der Waals surface area contributed by atoms with E-state index in [0.29, 0.717) is 24.8 Å². The van der Waals surface area contributed by atoms with Crippen LogP contribution in [0, 0.1) is 11.1 Å². The number of hydrogen-bond acceptors (Lipinski definition) is 5. The van der Waals surface area contributed by atoms with Crippen LogP contribution in [-0.4, -0.2) is 64.4 Å². The van der Waals surface area contributed by atoms with Gasteiger partial charge in [-0.1, -0.05) is 13.0 Å². The Balaban J connectivity index is 0.000000320. The highest BCUT2D eigenvalue weighted by Gasteiger charge is 2.75. The van der Waals surface area contributed by atoms with Gasteiger partial charge in [-0.05, 0) is 50.2 Å². The quantitative estimate of drug-likeness (QED) is 0.460. The Hall–Kier alpha value is -2.04. The first-order chi connectivity index (χ1) is 16.5.